The molecule has 1 aromatic heterocycles. The Morgan fingerprint density at radius 1 is 1.45 bits per heavy atom. The van der Waals surface area contributed by atoms with E-state index in [1.807, 2.05) is 6.92 Å². The van der Waals surface area contributed by atoms with Crippen LogP contribution in [-0.4, -0.2) is 41.7 Å². The molecule has 0 saturated carbocycles. The molecule has 0 radical (unpaired) electrons. The van der Waals surface area contributed by atoms with E-state index in [1.54, 1.807) is 11.6 Å². The molecule has 0 unspecified atom stereocenters. The molecule has 0 aliphatic rings. The maximum absolute atomic E-state index is 11.1. The van der Waals surface area contributed by atoms with E-state index in [0.29, 0.717) is 31.0 Å². The van der Waals surface area contributed by atoms with Crippen molar-refractivity contribution in [3.8, 4) is 0 Å². The van der Waals surface area contributed by atoms with Crippen LogP contribution in [-0.2, 0) is 16.4 Å². The second-order valence-corrected chi connectivity index (χ2v) is 6.93. The summed E-state index contributed by atoms with van der Waals surface area (Å²) in [5.41, 5.74) is 0.312. The fourth-order valence-electron chi connectivity index (χ4n) is 1.88. The van der Waals surface area contributed by atoms with Crippen molar-refractivity contribution in [3.63, 3.8) is 0 Å². The van der Waals surface area contributed by atoms with Gasteiger partial charge in [0.1, 0.15) is 15.5 Å². The fraction of sp³-hybridized carbons (Fsp3) is 0.727. The minimum atomic E-state index is -3.02. The molecule has 0 saturated heterocycles. The summed E-state index contributed by atoms with van der Waals surface area (Å²) in [6.45, 7) is 4.47. The molecule has 114 valence electrons. The van der Waals surface area contributed by atoms with Crippen LogP contribution in [0.2, 0.25) is 0 Å². The number of hydrogen-bond acceptors (Lipinski definition) is 6. The molecular weight excluding hydrogens is 284 g/mol. The van der Waals surface area contributed by atoms with Crippen LogP contribution in [0.1, 0.15) is 25.5 Å². The van der Waals surface area contributed by atoms with Gasteiger partial charge < -0.3 is 5.32 Å². The van der Waals surface area contributed by atoms with Gasteiger partial charge in [-0.05, 0) is 19.8 Å². The number of anilines is 1. The van der Waals surface area contributed by atoms with Crippen LogP contribution in [0.15, 0.2) is 0 Å². The first-order chi connectivity index (χ1) is 9.26. The maximum Gasteiger partial charge on any atom is 0.333 e. The van der Waals surface area contributed by atoms with Crippen LogP contribution in [0.25, 0.3) is 0 Å². The third-order valence-corrected chi connectivity index (χ3v) is 3.73. The van der Waals surface area contributed by atoms with Gasteiger partial charge in [-0.3, -0.25) is 10.1 Å². The first kappa shape index (κ1) is 16.4. The van der Waals surface area contributed by atoms with E-state index in [1.165, 1.54) is 6.26 Å². The first-order valence-electron chi connectivity index (χ1n) is 6.39. The highest BCUT2D eigenvalue weighted by molar-refractivity contribution is 7.90. The Kier molecular flexibility index (Phi) is 5.49. The summed E-state index contributed by atoms with van der Waals surface area (Å²) in [4.78, 5) is 10.6. The normalized spacial score (nSPS) is 11.6. The zero-order valence-electron chi connectivity index (χ0n) is 11.9. The van der Waals surface area contributed by atoms with Crippen molar-refractivity contribution in [3.05, 3.63) is 15.8 Å². The van der Waals surface area contributed by atoms with Crippen molar-refractivity contribution in [1.29, 1.82) is 0 Å². The highest BCUT2D eigenvalue weighted by atomic mass is 32.2. The summed E-state index contributed by atoms with van der Waals surface area (Å²) < 4.78 is 23.6. The quantitative estimate of drug-likeness (QED) is 0.441. The van der Waals surface area contributed by atoms with Gasteiger partial charge in [0, 0.05) is 19.3 Å². The third kappa shape index (κ3) is 4.48. The van der Waals surface area contributed by atoms with Crippen molar-refractivity contribution >= 4 is 21.3 Å². The average molecular weight is 304 g/mol. The average Bonchev–Trinajstić information content (AvgIpc) is 2.60. The first-order valence-corrected chi connectivity index (χ1v) is 8.45. The lowest BCUT2D eigenvalue weighted by Crippen LogP contribution is -2.13. The Hall–Kier alpha value is -1.64. The number of rotatable bonds is 8. The third-order valence-electron chi connectivity index (χ3n) is 2.70. The van der Waals surface area contributed by atoms with E-state index in [4.69, 9.17) is 0 Å². The van der Waals surface area contributed by atoms with Crippen molar-refractivity contribution < 1.29 is 13.3 Å². The lowest BCUT2D eigenvalue weighted by atomic mass is 10.3. The summed E-state index contributed by atoms with van der Waals surface area (Å²) in [5.74, 6) is 0.400. The number of sulfone groups is 1. The van der Waals surface area contributed by atoms with Gasteiger partial charge in [-0.25, -0.2) is 13.1 Å². The lowest BCUT2D eigenvalue weighted by Gasteiger charge is -2.08. The monoisotopic (exact) mass is 304 g/mol. The maximum atomic E-state index is 11.1. The summed E-state index contributed by atoms with van der Waals surface area (Å²) in [6, 6.07) is 0. The molecule has 0 aliphatic carbocycles. The summed E-state index contributed by atoms with van der Waals surface area (Å²) in [7, 11) is -3.02. The van der Waals surface area contributed by atoms with Crippen LogP contribution >= 0.6 is 0 Å². The van der Waals surface area contributed by atoms with E-state index in [-0.39, 0.29) is 11.4 Å². The molecular formula is C11H20N4O4S. The second-order valence-electron chi connectivity index (χ2n) is 4.67. The van der Waals surface area contributed by atoms with Gasteiger partial charge in [-0.2, -0.15) is 5.10 Å². The fourth-order valence-corrected chi connectivity index (χ4v) is 2.55. The molecule has 20 heavy (non-hydrogen) atoms. The number of aryl methyl sites for hydroxylation is 2. The van der Waals surface area contributed by atoms with Gasteiger partial charge in [0.25, 0.3) is 0 Å². The smallest absolute Gasteiger partial charge is 0.333 e. The standard InChI is InChI=1S/C11H20N4O4S/c1-4-7-14-11(10(15(16)17)9(2)13-14)12-6-5-8-20(3,18)19/h12H,4-8H2,1-3H3. The van der Waals surface area contributed by atoms with Crippen molar-refractivity contribution in [2.24, 2.45) is 0 Å². The van der Waals surface area contributed by atoms with E-state index < -0.39 is 14.8 Å². The van der Waals surface area contributed by atoms with Gasteiger partial charge in [-0.15, -0.1) is 0 Å². The highest BCUT2D eigenvalue weighted by Gasteiger charge is 2.24. The molecule has 1 rings (SSSR count). The van der Waals surface area contributed by atoms with Crippen LogP contribution < -0.4 is 5.32 Å². The van der Waals surface area contributed by atoms with Crippen molar-refractivity contribution in [2.45, 2.75) is 33.2 Å². The van der Waals surface area contributed by atoms with Gasteiger partial charge in [0.05, 0.1) is 10.7 Å². The van der Waals surface area contributed by atoms with Gasteiger partial charge >= 0.3 is 5.69 Å². The molecule has 1 aromatic rings. The lowest BCUT2D eigenvalue weighted by molar-refractivity contribution is -0.384. The molecule has 0 aliphatic heterocycles. The number of aromatic nitrogens is 2. The molecule has 8 nitrogen and oxygen atoms in total. The zero-order chi connectivity index (χ0) is 15.3. The molecule has 0 bridgehead atoms. The molecule has 0 atom stereocenters. The summed E-state index contributed by atoms with van der Waals surface area (Å²) >= 11 is 0. The highest BCUT2D eigenvalue weighted by Crippen LogP contribution is 2.28. The summed E-state index contributed by atoms with van der Waals surface area (Å²) in [6.07, 6.45) is 2.36. The number of hydrogen-bond donors (Lipinski definition) is 1. The van der Waals surface area contributed by atoms with Crippen LogP contribution in [0.4, 0.5) is 11.5 Å². The molecule has 0 aromatic carbocycles. The minimum Gasteiger partial charge on any atom is -0.364 e. The Morgan fingerprint density at radius 2 is 2.10 bits per heavy atom. The predicted molar refractivity (Wildman–Crippen MR) is 76.7 cm³/mol. The zero-order valence-corrected chi connectivity index (χ0v) is 12.7. The van der Waals surface area contributed by atoms with E-state index >= 15 is 0 Å². The number of nitro groups is 1. The Labute approximate surface area is 118 Å². The van der Waals surface area contributed by atoms with Crippen LogP contribution in [0, 0.1) is 17.0 Å². The topological polar surface area (TPSA) is 107 Å². The van der Waals surface area contributed by atoms with Crippen LogP contribution in [0.3, 0.4) is 0 Å². The van der Waals surface area contributed by atoms with E-state index in [2.05, 4.69) is 10.4 Å². The molecule has 0 spiro atoms. The summed E-state index contributed by atoms with van der Waals surface area (Å²) in [5, 5.41) is 18.1. The van der Waals surface area contributed by atoms with Crippen molar-refractivity contribution in [1.82, 2.24) is 9.78 Å². The van der Waals surface area contributed by atoms with Gasteiger partial charge in [0.2, 0.25) is 5.82 Å². The second kappa shape index (κ2) is 6.69. The molecule has 1 N–H and O–H groups in total. The Balaban J connectivity index is 2.83. The SMILES string of the molecule is CCCn1nc(C)c([N+](=O)[O-])c1NCCCS(C)(=O)=O. The largest absolute Gasteiger partial charge is 0.364 e. The minimum absolute atomic E-state index is 0.0437. The van der Waals surface area contributed by atoms with Gasteiger partial charge in [-0.1, -0.05) is 6.92 Å². The predicted octanol–water partition coefficient (Wildman–Crippen LogP) is 1.36. The molecule has 0 fully saturated rings. The molecule has 1 heterocycles. The van der Waals surface area contributed by atoms with Crippen molar-refractivity contribution in [2.75, 3.05) is 23.9 Å². The molecule has 9 heteroatoms. The van der Waals surface area contributed by atoms with Gasteiger partial charge in [0.15, 0.2) is 0 Å². The van der Waals surface area contributed by atoms with E-state index in [9.17, 15) is 18.5 Å². The van der Waals surface area contributed by atoms with Crippen LogP contribution in [0.5, 0.6) is 0 Å². The number of nitrogens with one attached hydrogen (secondary N) is 1. The Bertz CT molecular complexity index is 579. The Morgan fingerprint density at radius 3 is 2.60 bits per heavy atom. The van der Waals surface area contributed by atoms with E-state index in [0.717, 1.165) is 6.42 Å². The molecule has 0 amide bonds. The number of nitrogens with zero attached hydrogens (tertiary/aromatic N) is 3.